The highest BCUT2D eigenvalue weighted by Crippen LogP contribution is 2.31. The molecule has 5 aromatic carbocycles. The molecule has 0 bridgehead atoms. The molecule has 8 rings (SSSR count). The molecule has 0 fully saturated rings. The van der Waals surface area contributed by atoms with Gasteiger partial charge in [-0.05, 0) is 31.2 Å². The highest BCUT2D eigenvalue weighted by atomic mass is 16.3. The maximum Gasteiger partial charge on any atom is 0.164 e. The summed E-state index contributed by atoms with van der Waals surface area (Å²) in [5.74, 6) is 1.83. The average Bonchev–Trinajstić information content (AvgIpc) is 3.64. The molecule has 0 atom stereocenters. The van der Waals surface area contributed by atoms with E-state index in [1.54, 1.807) is 0 Å². The number of aromatic nitrogens is 4. The van der Waals surface area contributed by atoms with Gasteiger partial charge in [0.1, 0.15) is 5.58 Å². The molecule has 0 N–H and O–H groups in total. The van der Waals surface area contributed by atoms with Crippen LogP contribution in [0.3, 0.4) is 0 Å². The van der Waals surface area contributed by atoms with Crippen LogP contribution in [0.1, 0.15) is 6.92 Å². The van der Waals surface area contributed by atoms with Gasteiger partial charge in [0, 0.05) is 38.1 Å². The minimum absolute atomic E-state index is 0.583. The number of nitrogens with zero attached hydrogens (tertiary/aromatic N) is 4. The first-order valence-corrected chi connectivity index (χ1v) is 14.9. The maximum atomic E-state index is 6.72. The van der Waals surface area contributed by atoms with Gasteiger partial charge in [0.05, 0.1) is 16.7 Å². The van der Waals surface area contributed by atoms with Gasteiger partial charge in [0.2, 0.25) is 0 Å². The van der Waals surface area contributed by atoms with Crippen LogP contribution in [0.4, 0.5) is 0 Å². The van der Waals surface area contributed by atoms with Crippen molar-refractivity contribution >= 4 is 44.5 Å². The maximum absolute atomic E-state index is 6.72. The number of benzene rings is 5. The van der Waals surface area contributed by atoms with Gasteiger partial charge in [-0.1, -0.05) is 122 Å². The number of para-hydroxylation sites is 2. The lowest BCUT2D eigenvalue weighted by Crippen LogP contribution is -2.24. The predicted molar refractivity (Wildman–Crippen MR) is 184 cm³/mol. The van der Waals surface area contributed by atoms with Crippen molar-refractivity contribution < 1.29 is 4.42 Å². The van der Waals surface area contributed by atoms with Crippen LogP contribution in [0.5, 0.6) is 0 Å². The van der Waals surface area contributed by atoms with E-state index in [1.807, 2.05) is 78.9 Å². The Bertz CT molecular complexity index is 2400. The zero-order valence-electron chi connectivity index (χ0n) is 24.7. The molecule has 0 spiro atoms. The molecule has 8 aromatic rings. The molecule has 3 aromatic heterocycles. The fourth-order valence-electron chi connectivity index (χ4n) is 6.13. The van der Waals surface area contributed by atoms with Crippen molar-refractivity contribution in [3.8, 4) is 34.2 Å². The van der Waals surface area contributed by atoms with Crippen molar-refractivity contribution in [2.75, 3.05) is 0 Å². The van der Waals surface area contributed by atoms with E-state index in [1.165, 1.54) is 10.8 Å². The molecule has 0 aliphatic heterocycles. The minimum atomic E-state index is 0.583. The van der Waals surface area contributed by atoms with E-state index in [-0.39, 0.29) is 0 Å². The molecule has 0 saturated heterocycles. The van der Waals surface area contributed by atoms with Gasteiger partial charge in [-0.2, -0.15) is 0 Å². The Morgan fingerprint density at radius 1 is 0.600 bits per heavy atom. The third-order valence-electron chi connectivity index (χ3n) is 8.21. The summed E-state index contributed by atoms with van der Waals surface area (Å²) in [6, 6.07) is 43.1. The van der Waals surface area contributed by atoms with Crippen LogP contribution >= 0.6 is 0 Å². The van der Waals surface area contributed by atoms with Gasteiger partial charge in [0.25, 0.3) is 0 Å². The Kier molecular flexibility index (Phi) is 6.42. The summed E-state index contributed by atoms with van der Waals surface area (Å²) in [5.41, 5.74) is 7.51. The summed E-state index contributed by atoms with van der Waals surface area (Å²) in [6.45, 7) is 6.12. The van der Waals surface area contributed by atoms with Crippen molar-refractivity contribution in [2.45, 2.75) is 6.92 Å². The number of hydrogen-bond acceptors (Lipinski definition) is 4. The molecular weight excluding hydrogens is 552 g/mol. The monoisotopic (exact) mass is 580 g/mol. The summed E-state index contributed by atoms with van der Waals surface area (Å²) >= 11 is 0. The first-order chi connectivity index (χ1) is 22.2. The van der Waals surface area contributed by atoms with Gasteiger partial charge >= 0.3 is 0 Å². The third-order valence-corrected chi connectivity index (χ3v) is 8.21. The lowest BCUT2D eigenvalue weighted by molar-refractivity contribution is 0.569. The van der Waals surface area contributed by atoms with Gasteiger partial charge in [-0.3, -0.25) is 0 Å². The van der Waals surface area contributed by atoms with Crippen LogP contribution in [-0.4, -0.2) is 19.5 Å². The van der Waals surface area contributed by atoms with E-state index < -0.39 is 0 Å². The van der Waals surface area contributed by atoms with Crippen molar-refractivity contribution in [1.29, 1.82) is 0 Å². The molecule has 214 valence electrons. The first-order valence-electron chi connectivity index (χ1n) is 14.9. The standard InChI is InChI=1S/C40H28N4O/c1-3-14-33-32-24-23-29(40-42-38(27-15-6-4-7-16-27)41-39(43-40)28-17-8-5-9-18-28)25-36(32)45-37(33)26(2)44-34-21-12-10-19-30(34)31-20-11-13-22-35(31)44/h3-25H,1H2,2H3/b33-14-,37-26-. The smallest absolute Gasteiger partial charge is 0.164 e. The van der Waals surface area contributed by atoms with E-state index in [9.17, 15) is 0 Å². The van der Waals surface area contributed by atoms with Crippen LogP contribution in [0, 0.1) is 0 Å². The molecule has 0 amide bonds. The number of hydrogen-bond donors (Lipinski definition) is 0. The summed E-state index contributed by atoms with van der Waals surface area (Å²) in [5, 5.41) is 4.39. The van der Waals surface area contributed by atoms with Crippen LogP contribution in [0.15, 0.2) is 144 Å². The van der Waals surface area contributed by atoms with Gasteiger partial charge in [-0.25, -0.2) is 15.0 Å². The van der Waals surface area contributed by atoms with Crippen LogP contribution < -0.4 is 10.6 Å². The van der Waals surface area contributed by atoms with E-state index in [4.69, 9.17) is 19.4 Å². The Balaban J connectivity index is 1.36. The molecule has 0 saturated carbocycles. The van der Waals surface area contributed by atoms with E-state index in [0.29, 0.717) is 17.5 Å². The topological polar surface area (TPSA) is 56.7 Å². The van der Waals surface area contributed by atoms with Crippen molar-refractivity contribution in [3.05, 3.63) is 151 Å². The molecule has 5 nitrogen and oxygen atoms in total. The fourth-order valence-corrected chi connectivity index (χ4v) is 6.13. The molecule has 0 unspecified atom stereocenters. The molecule has 5 heteroatoms. The quantitative estimate of drug-likeness (QED) is 0.205. The molecule has 0 radical (unpaired) electrons. The summed E-state index contributed by atoms with van der Waals surface area (Å²) in [7, 11) is 0. The number of rotatable bonds is 5. The van der Waals surface area contributed by atoms with Gasteiger partial charge in [-0.15, -0.1) is 0 Å². The van der Waals surface area contributed by atoms with Gasteiger partial charge < -0.3 is 8.98 Å². The zero-order chi connectivity index (χ0) is 30.3. The molecule has 0 aliphatic carbocycles. The lowest BCUT2D eigenvalue weighted by Gasteiger charge is -2.08. The van der Waals surface area contributed by atoms with Crippen molar-refractivity contribution in [2.24, 2.45) is 0 Å². The summed E-state index contributed by atoms with van der Waals surface area (Å²) in [6.07, 6.45) is 3.83. The molecule has 45 heavy (non-hydrogen) atoms. The SMILES string of the molecule is C=C/C=c1\c(=C(/C)n2c3ccccc3c3ccccc32)oc2cc(-c3nc(-c4ccccc4)nc(-c4ccccc4)n3)ccc12. The lowest BCUT2D eigenvalue weighted by atomic mass is 10.1. The van der Waals surface area contributed by atoms with Crippen molar-refractivity contribution in [3.63, 3.8) is 0 Å². The van der Waals surface area contributed by atoms with Crippen LogP contribution in [-0.2, 0) is 0 Å². The first kappa shape index (κ1) is 26.5. The summed E-state index contributed by atoms with van der Waals surface area (Å²) in [4.78, 5) is 14.7. The largest absolute Gasteiger partial charge is 0.454 e. The zero-order valence-corrected chi connectivity index (χ0v) is 24.7. The second-order valence-corrected chi connectivity index (χ2v) is 11.0. The Hall–Kier alpha value is -6.07. The van der Waals surface area contributed by atoms with E-state index in [2.05, 4.69) is 78.7 Å². The Labute approximate surface area is 259 Å². The van der Waals surface area contributed by atoms with Crippen LogP contribution in [0.25, 0.3) is 78.7 Å². The van der Waals surface area contributed by atoms with E-state index >= 15 is 0 Å². The van der Waals surface area contributed by atoms with Gasteiger partial charge in [0.15, 0.2) is 22.9 Å². The number of furan rings is 1. The second-order valence-electron chi connectivity index (χ2n) is 11.0. The second kappa shape index (κ2) is 10.9. The van der Waals surface area contributed by atoms with Crippen molar-refractivity contribution in [1.82, 2.24) is 19.5 Å². The Morgan fingerprint density at radius 2 is 1.11 bits per heavy atom. The fraction of sp³-hybridized carbons (Fsp3) is 0.0250. The number of allylic oxidation sites excluding steroid dienone is 1. The molecular formula is C40H28N4O. The third kappa shape index (κ3) is 4.53. The molecule has 3 heterocycles. The highest BCUT2D eigenvalue weighted by molar-refractivity contribution is 6.09. The average molecular weight is 581 g/mol. The predicted octanol–water partition coefficient (Wildman–Crippen LogP) is 8.37. The summed E-state index contributed by atoms with van der Waals surface area (Å²) < 4.78 is 9.00. The normalized spacial score (nSPS) is 12.7. The minimum Gasteiger partial charge on any atom is -0.454 e. The Morgan fingerprint density at radius 3 is 1.67 bits per heavy atom. The highest BCUT2D eigenvalue weighted by Gasteiger charge is 2.16. The van der Waals surface area contributed by atoms with Crippen LogP contribution in [0.2, 0.25) is 0 Å². The van der Waals surface area contributed by atoms with E-state index in [0.717, 1.165) is 55.0 Å². The number of fused-ring (bicyclic) bond motifs is 4. The molecule has 0 aliphatic rings.